The summed E-state index contributed by atoms with van der Waals surface area (Å²) in [5.41, 5.74) is 1.11. The number of sulfone groups is 1. The van der Waals surface area contributed by atoms with Gasteiger partial charge in [0.2, 0.25) is 15.7 Å². The number of benzene rings is 2. The minimum atomic E-state index is -4.65. The van der Waals surface area contributed by atoms with Gasteiger partial charge in [-0.3, -0.25) is 4.79 Å². The summed E-state index contributed by atoms with van der Waals surface area (Å²) in [6.07, 6.45) is 0.532. The van der Waals surface area contributed by atoms with Gasteiger partial charge in [0.15, 0.2) is 11.5 Å². The summed E-state index contributed by atoms with van der Waals surface area (Å²) in [6, 6.07) is 9.94. The minimum absolute atomic E-state index is 0.139. The van der Waals surface area contributed by atoms with Crippen LogP contribution in [0.25, 0.3) is 0 Å². The highest BCUT2D eigenvalue weighted by Crippen LogP contribution is 2.31. The Kier molecular flexibility index (Phi) is 6.73. The second-order valence-corrected chi connectivity index (χ2v) is 7.45. The summed E-state index contributed by atoms with van der Waals surface area (Å²) in [6.45, 7) is 0. The lowest BCUT2D eigenvalue weighted by molar-refractivity contribution is -0.116. The number of alkyl halides is 2. The number of carbonyl (C=O) groups excluding carboxylic acids is 1. The fraction of sp³-hybridized carbons (Fsp3) is 0.278. The second kappa shape index (κ2) is 8.81. The molecule has 0 aromatic heterocycles. The summed E-state index contributed by atoms with van der Waals surface area (Å²) in [5.74, 6) is -2.69. The number of para-hydroxylation sites is 1. The van der Waals surface area contributed by atoms with Crippen LogP contribution >= 0.6 is 0 Å². The molecule has 2 aromatic rings. The summed E-state index contributed by atoms with van der Waals surface area (Å²) in [4.78, 5) is 11.6. The van der Waals surface area contributed by atoms with Crippen molar-refractivity contribution in [2.75, 3.05) is 19.5 Å². The van der Waals surface area contributed by atoms with Gasteiger partial charge in [-0.15, -0.1) is 0 Å². The van der Waals surface area contributed by atoms with E-state index in [4.69, 9.17) is 9.47 Å². The third-order valence-electron chi connectivity index (χ3n) is 3.81. The molecule has 27 heavy (non-hydrogen) atoms. The third-order valence-corrected chi connectivity index (χ3v) is 5.21. The first-order valence-corrected chi connectivity index (χ1v) is 9.46. The summed E-state index contributed by atoms with van der Waals surface area (Å²) in [7, 11) is -1.62. The molecule has 0 saturated carbocycles. The van der Waals surface area contributed by atoms with E-state index in [0.29, 0.717) is 23.6 Å². The number of hydrogen-bond donors (Lipinski definition) is 1. The molecule has 0 saturated heterocycles. The largest absolute Gasteiger partial charge is 0.493 e. The van der Waals surface area contributed by atoms with E-state index in [1.807, 2.05) is 6.07 Å². The van der Waals surface area contributed by atoms with Crippen LogP contribution in [0.5, 0.6) is 11.5 Å². The molecular formula is C18H19F2NO5S. The van der Waals surface area contributed by atoms with Crippen LogP contribution < -0.4 is 14.8 Å². The molecular weight excluding hydrogens is 380 g/mol. The topological polar surface area (TPSA) is 81.7 Å². The van der Waals surface area contributed by atoms with Gasteiger partial charge in [0.25, 0.3) is 0 Å². The van der Waals surface area contributed by atoms with Gasteiger partial charge in [-0.25, -0.2) is 8.42 Å². The number of halogens is 2. The van der Waals surface area contributed by atoms with Crippen molar-refractivity contribution < 1.29 is 31.5 Å². The monoisotopic (exact) mass is 399 g/mol. The fourth-order valence-corrected chi connectivity index (χ4v) is 3.17. The Morgan fingerprint density at radius 1 is 1.07 bits per heavy atom. The number of hydrogen-bond acceptors (Lipinski definition) is 5. The first-order valence-electron chi connectivity index (χ1n) is 7.91. The van der Waals surface area contributed by atoms with Crippen LogP contribution in [0.15, 0.2) is 47.4 Å². The number of aryl methyl sites for hydroxylation is 1. The Hall–Kier alpha value is -2.68. The molecule has 6 nitrogen and oxygen atoms in total. The highest BCUT2D eigenvalue weighted by Gasteiger charge is 2.26. The number of carbonyl (C=O) groups is 1. The molecule has 2 rings (SSSR count). The third kappa shape index (κ3) is 4.94. The van der Waals surface area contributed by atoms with Gasteiger partial charge in [-0.2, -0.15) is 8.78 Å². The zero-order valence-electron chi connectivity index (χ0n) is 14.7. The smallest absolute Gasteiger partial charge is 0.341 e. The van der Waals surface area contributed by atoms with Crippen molar-refractivity contribution in [1.29, 1.82) is 0 Å². The average molecular weight is 399 g/mol. The summed E-state index contributed by atoms with van der Waals surface area (Å²) < 4.78 is 58.3. The van der Waals surface area contributed by atoms with Crippen LogP contribution in [0.2, 0.25) is 0 Å². The second-order valence-electron chi connectivity index (χ2n) is 5.53. The molecule has 1 N–H and O–H groups in total. The zero-order chi connectivity index (χ0) is 20.0. The van der Waals surface area contributed by atoms with Crippen molar-refractivity contribution in [3.05, 3.63) is 48.0 Å². The number of amides is 1. The Morgan fingerprint density at radius 2 is 1.74 bits per heavy atom. The predicted octanol–water partition coefficient (Wildman–Crippen LogP) is 3.27. The molecule has 2 aromatic carbocycles. The van der Waals surface area contributed by atoms with Gasteiger partial charge in [0, 0.05) is 12.1 Å². The molecule has 0 radical (unpaired) electrons. The molecule has 0 fully saturated rings. The van der Waals surface area contributed by atoms with Crippen molar-refractivity contribution in [3.63, 3.8) is 0 Å². The van der Waals surface area contributed by atoms with E-state index in [2.05, 4.69) is 5.32 Å². The van der Waals surface area contributed by atoms with Crippen LogP contribution in [0, 0.1) is 0 Å². The molecule has 0 heterocycles. The number of methoxy groups -OCH3 is 2. The molecule has 0 spiro atoms. The SMILES string of the molecule is COc1cccc(CCC(=O)Nc2ccc(S(=O)(=O)C(F)F)cc2)c1OC. The van der Waals surface area contributed by atoms with E-state index in [9.17, 15) is 22.0 Å². The van der Waals surface area contributed by atoms with Gasteiger partial charge >= 0.3 is 5.76 Å². The quantitative estimate of drug-likeness (QED) is 0.737. The van der Waals surface area contributed by atoms with Gasteiger partial charge < -0.3 is 14.8 Å². The molecule has 9 heteroatoms. The molecule has 146 valence electrons. The standard InChI is InChI=1S/C18H19F2NO5S/c1-25-15-5-3-4-12(17(15)26-2)6-11-16(22)21-13-7-9-14(10-8-13)27(23,24)18(19)20/h3-5,7-10,18H,6,11H2,1-2H3,(H,21,22). The van der Waals surface area contributed by atoms with Crippen LogP contribution in [0.1, 0.15) is 12.0 Å². The van der Waals surface area contributed by atoms with Gasteiger partial charge in [0.1, 0.15) is 0 Å². The van der Waals surface area contributed by atoms with Crippen LogP contribution in [-0.2, 0) is 21.1 Å². The van der Waals surface area contributed by atoms with Crippen molar-refractivity contribution in [2.45, 2.75) is 23.5 Å². The highest BCUT2D eigenvalue weighted by atomic mass is 32.2. The van der Waals surface area contributed by atoms with Crippen LogP contribution in [0.4, 0.5) is 14.5 Å². The number of rotatable bonds is 8. The van der Waals surface area contributed by atoms with Crippen molar-refractivity contribution in [1.82, 2.24) is 0 Å². The lowest BCUT2D eigenvalue weighted by Gasteiger charge is -2.12. The van der Waals surface area contributed by atoms with E-state index in [1.165, 1.54) is 26.4 Å². The fourth-order valence-electron chi connectivity index (χ4n) is 2.45. The van der Waals surface area contributed by atoms with E-state index in [1.54, 1.807) is 12.1 Å². The zero-order valence-corrected chi connectivity index (χ0v) is 15.6. The molecule has 0 aliphatic rings. The van der Waals surface area contributed by atoms with Crippen LogP contribution in [0.3, 0.4) is 0 Å². The van der Waals surface area contributed by atoms with Gasteiger partial charge in [-0.05, 0) is 42.3 Å². The first-order chi connectivity index (χ1) is 12.8. The Balaban J connectivity index is 2.01. The summed E-state index contributed by atoms with van der Waals surface area (Å²) >= 11 is 0. The Labute approximate surface area is 156 Å². The van der Waals surface area contributed by atoms with E-state index < -0.39 is 20.5 Å². The predicted molar refractivity (Wildman–Crippen MR) is 96.1 cm³/mol. The van der Waals surface area contributed by atoms with Gasteiger partial charge in [0.05, 0.1) is 19.1 Å². The van der Waals surface area contributed by atoms with Crippen molar-refractivity contribution in [3.8, 4) is 11.5 Å². The molecule has 0 aliphatic carbocycles. The number of ether oxygens (including phenoxy) is 2. The maximum Gasteiger partial charge on any atom is 0.341 e. The van der Waals surface area contributed by atoms with E-state index in [0.717, 1.165) is 17.7 Å². The molecule has 0 bridgehead atoms. The molecule has 1 amide bonds. The number of anilines is 1. The molecule has 0 unspecified atom stereocenters. The maximum atomic E-state index is 12.5. The summed E-state index contributed by atoms with van der Waals surface area (Å²) in [5, 5.41) is 2.59. The van der Waals surface area contributed by atoms with Crippen molar-refractivity contribution >= 4 is 21.4 Å². The maximum absolute atomic E-state index is 12.5. The molecule has 0 atom stereocenters. The first kappa shape index (κ1) is 20.6. The lowest BCUT2D eigenvalue weighted by atomic mass is 10.1. The van der Waals surface area contributed by atoms with E-state index >= 15 is 0 Å². The van der Waals surface area contributed by atoms with Gasteiger partial charge in [-0.1, -0.05) is 12.1 Å². The van der Waals surface area contributed by atoms with Crippen LogP contribution in [-0.4, -0.2) is 34.3 Å². The minimum Gasteiger partial charge on any atom is -0.493 e. The lowest BCUT2D eigenvalue weighted by Crippen LogP contribution is -2.14. The number of nitrogens with one attached hydrogen (secondary N) is 1. The highest BCUT2D eigenvalue weighted by molar-refractivity contribution is 7.91. The normalized spacial score (nSPS) is 11.3. The van der Waals surface area contributed by atoms with E-state index in [-0.39, 0.29) is 12.3 Å². The Bertz CT molecular complexity index is 898. The molecule has 0 aliphatic heterocycles. The average Bonchev–Trinajstić information content (AvgIpc) is 2.66. The Morgan fingerprint density at radius 3 is 2.30 bits per heavy atom. The van der Waals surface area contributed by atoms with Crippen molar-refractivity contribution in [2.24, 2.45) is 0 Å².